The fourth-order valence-corrected chi connectivity index (χ4v) is 2.25. The Morgan fingerprint density at radius 2 is 2.13 bits per heavy atom. The maximum Gasteiger partial charge on any atom is 0.409 e. The molecule has 0 spiro atoms. The first-order valence-corrected chi connectivity index (χ1v) is 6.46. The van der Waals surface area contributed by atoms with E-state index in [0.29, 0.717) is 12.5 Å². The number of allylic oxidation sites excluding steroid dienone is 1. The summed E-state index contributed by atoms with van der Waals surface area (Å²) < 4.78 is 4.96. The zero-order valence-corrected chi connectivity index (χ0v) is 10.8. The highest BCUT2D eigenvalue weighted by molar-refractivity contribution is 9.09. The molecular weight excluding hydrogens is 258 g/mol. The Balaban J connectivity index is 2.35. The van der Waals surface area contributed by atoms with Crippen LogP contribution in [-0.4, -0.2) is 36.0 Å². The summed E-state index contributed by atoms with van der Waals surface area (Å²) in [7, 11) is 0. The van der Waals surface area contributed by atoms with E-state index in [4.69, 9.17) is 4.74 Å². The van der Waals surface area contributed by atoms with Crippen LogP contribution < -0.4 is 0 Å². The van der Waals surface area contributed by atoms with Crippen LogP contribution in [0.3, 0.4) is 0 Å². The molecule has 0 radical (unpaired) electrons. The Labute approximate surface area is 99.6 Å². The van der Waals surface area contributed by atoms with Crippen molar-refractivity contribution in [2.75, 3.05) is 25.0 Å². The van der Waals surface area contributed by atoms with Gasteiger partial charge in [0.2, 0.25) is 0 Å². The molecule has 1 amide bonds. The van der Waals surface area contributed by atoms with Crippen molar-refractivity contribution in [3.05, 3.63) is 12.2 Å². The average molecular weight is 276 g/mol. The number of halogens is 1. The summed E-state index contributed by atoms with van der Waals surface area (Å²) in [6, 6.07) is 0. The molecule has 1 saturated heterocycles. The summed E-state index contributed by atoms with van der Waals surface area (Å²) >= 11 is 3.41. The zero-order chi connectivity index (χ0) is 11.3. The maximum atomic E-state index is 11.4. The van der Waals surface area contributed by atoms with Gasteiger partial charge in [-0.25, -0.2) is 4.79 Å². The van der Waals surface area contributed by atoms with Crippen LogP contribution in [0, 0.1) is 5.92 Å². The Morgan fingerprint density at radius 1 is 1.53 bits per heavy atom. The molecule has 0 atom stereocenters. The third-order valence-corrected chi connectivity index (χ3v) is 3.49. The second kappa shape index (κ2) is 6.16. The lowest BCUT2D eigenvalue weighted by Crippen LogP contribution is -2.39. The molecule has 0 unspecified atom stereocenters. The van der Waals surface area contributed by atoms with Gasteiger partial charge in [-0.3, -0.25) is 0 Å². The topological polar surface area (TPSA) is 29.5 Å². The van der Waals surface area contributed by atoms with Gasteiger partial charge in [0.25, 0.3) is 0 Å². The molecule has 0 aromatic rings. The van der Waals surface area contributed by atoms with Crippen molar-refractivity contribution in [3.63, 3.8) is 0 Å². The highest BCUT2D eigenvalue weighted by Crippen LogP contribution is 2.24. The molecule has 0 aliphatic carbocycles. The number of rotatable bonds is 3. The number of carbonyl (C=O) groups excluding carboxylic acids is 1. The number of alkyl halides is 1. The van der Waals surface area contributed by atoms with Crippen molar-refractivity contribution < 1.29 is 9.53 Å². The number of carbonyl (C=O) groups is 1. The Kier molecular flexibility index (Phi) is 5.15. The van der Waals surface area contributed by atoms with Crippen LogP contribution in [0.15, 0.2) is 12.2 Å². The Morgan fingerprint density at radius 3 is 2.60 bits per heavy atom. The summed E-state index contributed by atoms with van der Waals surface area (Å²) in [5.41, 5.74) is 1.23. The van der Waals surface area contributed by atoms with Gasteiger partial charge >= 0.3 is 6.09 Å². The van der Waals surface area contributed by atoms with Crippen molar-refractivity contribution >= 4 is 22.0 Å². The van der Waals surface area contributed by atoms with Gasteiger partial charge in [0.05, 0.1) is 6.61 Å². The quantitative estimate of drug-likeness (QED) is 0.586. The van der Waals surface area contributed by atoms with Gasteiger partial charge in [0, 0.05) is 18.4 Å². The van der Waals surface area contributed by atoms with Crippen LogP contribution in [0.5, 0.6) is 0 Å². The van der Waals surface area contributed by atoms with Crippen molar-refractivity contribution in [2.24, 2.45) is 5.92 Å². The van der Waals surface area contributed by atoms with Crippen LogP contribution in [0.4, 0.5) is 4.79 Å². The number of hydrogen-bond donors (Lipinski definition) is 0. The predicted octanol–water partition coefficient (Wildman–Crippen LogP) is 2.81. The molecule has 0 aromatic heterocycles. The zero-order valence-electron chi connectivity index (χ0n) is 9.17. The minimum absolute atomic E-state index is 0.180. The third kappa shape index (κ3) is 3.52. The lowest BCUT2D eigenvalue weighted by Gasteiger charge is -2.31. The number of hydrogen-bond acceptors (Lipinski definition) is 2. The minimum Gasteiger partial charge on any atom is -0.450 e. The predicted molar refractivity (Wildman–Crippen MR) is 64.3 cm³/mol. The molecule has 1 aliphatic heterocycles. The molecule has 1 heterocycles. The van der Waals surface area contributed by atoms with Crippen molar-refractivity contribution in [2.45, 2.75) is 19.8 Å². The number of ether oxygens (including phenoxy) is 1. The molecule has 0 bridgehead atoms. The van der Waals surface area contributed by atoms with Crippen molar-refractivity contribution in [1.29, 1.82) is 0 Å². The largest absolute Gasteiger partial charge is 0.450 e. The van der Waals surface area contributed by atoms with Gasteiger partial charge in [-0.2, -0.15) is 0 Å². The highest BCUT2D eigenvalue weighted by atomic mass is 79.9. The van der Waals surface area contributed by atoms with E-state index in [9.17, 15) is 4.79 Å². The standard InChI is InChI=1S/C11H18BrNO2/c1-3-15-11(14)13-6-4-10(5-7-13)9(2)8-12/h10H,2-8H2,1H3. The van der Waals surface area contributed by atoms with Gasteiger partial charge in [-0.1, -0.05) is 28.1 Å². The lowest BCUT2D eigenvalue weighted by molar-refractivity contribution is 0.0946. The van der Waals surface area contributed by atoms with E-state index in [-0.39, 0.29) is 6.09 Å². The molecule has 0 aromatic carbocycles. The van der Waals surface area contributed by atoms with E-state index in [1.54, 1.807) is 4.90 Å². The molecule has 1 rings (SSSR count). The van der Waals surface area contributed by atoms with Gasteiger partial charge in [0.1, 0.15) is 0 Å². The summed E-state index contributed by atoms with van der Waals surface area (Å²) in [6.07, 6.45) is 1.83. The van der Waals surface area contributed by atoms with Crippen LogP contribution >= 0.6 is 15.9 Å². The third-order valence-electron chi connectivity index (χ3n) is 2.77. The van der Waals surface area contributed by atoms with Gasteiger partial charge in [-0.15, -0.1) is 0 Å². The molecule has 3 nitrogen and oxygen atoms in total. The smallest absolute Gasteiger partial charge is 0.409 e. The monoisotopic (exact) mass is 275 g/mol. The molecule has 0 N–H and O–H groups in total. The van der Waals surface area contributed by atoms with Gasteiger partial charge in [0.15, 0.2) is 0 Å². The van der Waals surface area contributed by atoms with E-state index in [1.807, 2.05) is 6.92 Å². The molecule has 1 fully saturated rings. The first kappa shape index (κ1) is 12.6. The first-order chi connectivity index (χ1) is 7.19. The maximum absolute atomic E-state index is 11.4. The second-order valence-electron chi connectivity index (χ2n) is 3.75. The summed E-state index contributed by atoms with van der Waals surface area (Å²) in [6.45, 7) is 7.88. The van der Waals surface area contributed by atoms with Crippen LogP contribution in [0.25, 0.3) is 0 Å². The van der Waals surface area contributed by atoms with Crippen LogP contribution in [0.1, 0.15) is 19.8 Å². The fraction of sp³-hybridized carbons (Fsp3) is 0.727. The minimum atomic E-state index is -0.180. The van der Waals surface area contributed by atoms with E-state index in [1.165, 1.54) is 5.57 Å². The van der Waals surface area contributed by atoms with Crippen molar-refractivity contribution in [1.82, 2.24) is 4.90 Å². The Bertz CT molecular complexity index is 235. The molecule has 0 saturated carbocycles. The second-order valence-corrected chi connectivity index (χ2v) is 4.31. The number of likely N-dealkylation sites (tertiary alicyclic amines) is 1. The normalized spacial score (nSPS) is 17.6. The first-order valence-electron chi connectivity index (χ1n) is 5.34. The SMILES string of the molecule is C=C(CBr)C1CCN(C(=O)OCC)CC1. The number of nitrogens with zero attached hydrogens (tertiary/aromatic N) is 1. The molecule has 86 valence electrons. The molecule has 1 aliphatic rings. The van der Waals surface area contributed by atoms with Gasteiger partial charge < -0.3 is 9.64 Å². The number of piperidine rings is 1. The number of amides is 1. The molecule has 4 heteroatoms. The molecule has 15 heavy (non-hydrogen) atoms. The van der Waals surface area contributed by atoms with E-state index in [2.05, 4.69) is 22.5 Å². The van der Waals surface area contributed by atoms with Crippen LogP contribution in [0.2, 0.25) is 0 Å². The van der Waals surface area contributed by atoms with E-state index < -0.39 is 0 Å². The summed E-state index contributed by atoms with van der Waals surface area (Å²) in [4.78, 5) is 13.2. The fourth-order valence-electron chi connectivity index (χ4n) is 1.79. The average Bonchev–Trinajstić information content (AvgIpc) is 2.28. The van der Waals surface area contributed by atoms with E-state index >= 15 is 0 Å². The Hall–Kier alpha value is -0.510. The summed E-state index contributed by atoms with van der Waals surface area (Å²) in [5.74, 6) is 0.551. The van der Waals surface area contributed by atoms with Crippen molar-refractivity contribution in [3.8, 4) is 0 Å². The lowest BCUT2D eigenvalue weighted by atomic mass is 9.91. The van der Waals surface area contributed by atoms with E-state index in [0.717, 1.165) is 31.3 Å². The summed E-state index contributed by atoms with van der Waals surface area (Å²) in [5, 5.41) is 0.858. The van der Waals surface area contributed by atoms with Gasteiger partial charge in [-0.05, 0) is 25.7 Å². The van der Waals surface area contributed by atoms with Crippen LogP contribution in [-0.2, 0) is 4.74 Å². The highest BCUT2D eigenvalue weighted by Gasteiger charge is 2.24. The molecular formula is C11H18BrNO2.